The average Bonchev–Trinajstić information content (AvgIpc) is 2.60. The van der Waals surface area contributed by atoms with Gasteiger partial charge in [-0.1, -0.05) is 17.7 Å². The van der Waals surface area contributed by atoms with E-state index in [4.69, 9.17) is 22.7 Å². The third kappa shape index (κ3) is 2.74. The van der Waals surface area contributed by atoms with Crippen LogP contribution >= 0.6 is 11.6 Å². The van der Waals surface area contributed by atoms with E-state index < -0.39 is 0 Å². The van der Waals surface area contributed by atoms with Gasteiger partial charge < -0.3 is 11.1 Å². The Bertz CT molecular complexity index is 982. The lowest BCUT2D eigenvalue weighted by atomic mass is 10.0. The lowest BCUT2D eigenvalue weighted by Crippen LogP contribution is -1.98. The van der Waals surface area contributed by atoms with Crippen molar-refractivity contribution in [2.45, 2.75) is 6.92 Å². The van der Waals surface area contributed by atoms with Gasteiger partial charge >= 0.3 is 0 Å². The van der Waals surface area contributed by atoms with Crippen LogP contribution in [0.4, 0.5) is 10.2 Å². The number of rotatable bonds is 3. The first kappa shape index (κ1) is 16.1. The van der Waals surface area contributed by atoms with Crippen LogP contribution in [-0.2, 0) is 0 Å². The molecule has 0 saturated heterocycles. The second-order valence-electron chi connectivity index (χ2n) is 5.19. The number of nitrogens with one attached hydrogen (secondary N) is 1. The van der Waals surface area contributed by atoms with Crippen LogP contribution in [-0.4, -0.2) is 16.2 Å². The number of anilines is 1. The first-order valence-electron chi connectivity index (χ1n) is 7.22. The molecule has 1 aromatic carbocycles. The molecule has 120 valence electrons. The first-order valence-corrected chi connectivity index (χ1v) is 7.59. The Morgan fingerprint density at radius 2 is 2.00 bits per heavy atom. The highest BCUT2D eigenvalue weighted by molar-refractivity contribution is 6.35. The highest BCUT2D eigenvalue weighted by atomic mass is 35.5. The molecule has 2 aromatic heterocycles. The van der Waals surface area contributed by atoms with Gasteiger partial charge in [-0.3, -0.25) is 4.98 Å². The molecule has 0 aliphatic carbocycles. The van der Waals surface area contributed by atoms with Crippen LogP contribution in [0, 0.1) is 11.2 Å². The second-order valence-corrected chi connectivity index (χ2v) is 5.60. The summed E-state index contributed by atoms with van der Waals surface area (Å²) in [5, 5.41) is 8.80. The molecule has 2 heterocycles. The number of benzene rings is 1. The van der Waals surface area contributed by atoms with E-state index in [9.17, 15) is 4.39 Å². The quantitative estimate of drug-likeness (QED) is 0.677. The maximum absolute atomic E-state index is 13.9. The Balaban J connectivity index is 2.22. The topological polar surface area (TPSA) is 75.7 Å². The van der Waals surface area contributed by atoms with Crippen molar-refractivity contribution >= 4 is 40.0 Å². The molecule has 3 aromatic rings. The Hall–Kier alpha value is -2.79. The fraction of sp³-hybridized carbons (Fsp3) is 0.0556. The predicted octanol–water partition coefficient (Wildman–Crippen LogP) is 4.72. The van der Waals surface area contributed by atoms with Gasteiger partial charge in [0.1, 0.15) is 11.6 Å². The summed E-state index contributed by atoms with van der Waals surface area (Å²) in [6, 6.07) is 6.32. The SMILES string of the molecule is C/C=C(\C=N)c1cnc(N)c(-c2cc3c(Cl)ccc(F)c3cn2)c1. The molecule has 0 spiro atoms. The van der Waals surface area contributed by atoms with Crippen molar-refractivity contribution in [1.29, 1.82) is 5.41 Å². The van der Waals surface area contributed by atoms with Gasteiger partial charge in [-0.2, -0.15) is 0 Å². The van der Waals surface area contributed by atoms with E-state index in [0.717, 1.165) is 5.56 Å². The van der Waals surface area contributed by atoms with Crippen molar-refractivity contribution < 1.29 is 4.39 Å². The number of aromatic nitrogens is 2. The van der Waals surface area contributed by atoms with Crippen LogP contribution in [0.3, 0.4) is 0 Å². The molecule has 6 heteroatoms. The van der Waals surface area contributed by atoms with Gasteiger partial charge in [0.25, 0.3) is 0 Å². The van der Waals surface area contributed by atoms with Gasteiger partial charge in [0.05, 0.1) is 5.69 Å². The van der Waals surface area contributed by atoms with E-state index in [-0.39, 0.29) is 5.82 Å². The van der Waals surface area contributed by atoms with E-state index in [1.54, 1.807) is 12.3 Å². The zero-order valence-corrected chi connectivity index (χ0v) is 13.6. The largest absolute Gasteiger partial charge is 0.383 e. The summed E-state index contributed by atoms with van der Waals surface area (Å²) < 4.78 is 13.9. The lowest BCUT2D eigenvalue weighted by Gasteiger charge is -2.09. The first-order chi connectivity index (χ1) is 11.5. The summed E-state index contributed by atoms with van der Waals surface area (Å²) in [6.45, 7) is 1.84. The summed E-state index contributed by atoms with van der Waals surface area (Å²) in [5.41, 5.74) is 8.60. The number of hydrogen-bond acceptors (Lipinski definition) is 4. The van der Waals surface area contributed by atoms with Gasteiger partial charge in [0, 0.05) is 45.5 Å². The molecule has 3 rings (SSSR count). The molecule has 4 nitrogen and oxygen atoms in total. The maximum atomic E-state index is 13.9. The number of nitrogens with zero attached hydrogens (tertiary/aromatic N) is 2. The molecule has 0 unspecified atom stereocenters. The van der Waals surface area contributed by atoms with Crippen LogP contribution in [0.25, 0.3) is 27.6 Å². The molecule has 24 heavy (non-hydrogen) atoms. The molecule has 0 bridgehead atoms. The number of allylic oxidation sites excluding steroid dienone is 2. The minimum absolute atomic E-state index is 0.304. The number of halogens is 2. The number of pyridine rings is 2. The Kier molecular flexibility index (Phi) is 4.27. The minimum Gasteiger partial charge on any atom is -0.383 e. The highest BCUT2D eigenvalue weighted by Crippen LogP contribution is 2.31. The van der Waals surface area contributed by atoms with Crippen LogP contribution in [0.1, 0.15) is 12.5 Å². The van der Waals surface area contributed by atoms with Gasteiger partial charge in [-0.05, 0) is 36.8 Å². The molecule has 0 saturated carbocycles. The van der Waals surface area contributed by atoms with Crippen LogP contribution < -0.4 is 5.73 Å². The smallest absolute Gasteiger partial charge is 0.132 e. The van der Waals surface area contributed by atoms with Crippen molar-refractivity contribution in [3.05, 3.63) is 59.1 Å². The van der Waals surface area contributed by atoms with Crippen molar-refractivity contribution in [3.63, 3.8) is 0 Å². The minimum atomic E-state index is -0.381. The average molecular weight is 341 g/mol. The van der Waals surface area contributed by atoms with Gasteiger partial charge in [0.15, 0.2) is 0 Å². The van der Waals surface area contributed by atoms with Crippen molar-refractivity contribution in [3.8, 4) is 11.3 Å². The zero-order valence-electron chi connectivity index (χ0n) is 12.8. The Morgan fingerprint density at radius 3 is 2.71 bits per heavy atom. The number of nitrogen functional groups attached to an aromatic ring is 1. The van der Waals surface area contributed by atoms with E-state index >= 15 is 0 Å². The monoisotopic (exact) mass is 340 g/mol. The van der Waals surface area contributed by atoms with E-state index in [2.05, 4.69) is 9.97 Å². The molecule has 0 aliphatic rings. The Labute approximate surface area is 143 Å². The van der Waals surface area contributed by atoms with Gasteiger partial charge in [-0.25, -0.2) is 9.37 Å². The number of nitrogens with two attached hydrogens (primary N) is 1. The molecule has 0 fully saturated rings. The lowest BCUT2D eigenvalue weighted by molar-refractivity contribution is 0.639. The zero-order chi connectivity index (χ0) is 17.3. The second kappa shape index (κ2) is 6.37. The predicted molar refractivity (Wildman–Crippen MR) is 96.8 cm³/mol. The van der Waals surface area contributed by atoms with Gasteiger partial charge in [0.2, 0.25) is 0 Å². The normalized spacial score (nSPS) is 11.7. The van der Waals surface area contributed by atoms with Crippen molar-refractivity contribution in [1.82, 2.24) is 9.97 Å². The maximum Gasteiger partial charge on any atom is 0.132 e. The fourth-order valence-corrected chi connectivity index (χ4v) is 2.71. The molecular formula is C18H14ClFN4. The van der Waals surface area contributed by atoms with E-state index in [0.29, 0.717) is 38.4 Å². The summed E-state index contributed by atoms with van der Waals surface area (Å²) in [4.78, 5) is 8.48. The third-order valence-electron chi connectivity index (χ3n) is 3.79. The summed E-state index contributed by atoms with van der Waals surface area (Å²) in [7, 11) is 0. The van der Waals surface area contributed by atoms with E-state index in [1.165, 1.54) is 24.5 Å². The molecule has 3 N–H and O–H groups in total. The van der Waals surface area contributed by atoms with Crippen LogP contribution in [0.5, 0.6) is 0 Å². The van der Waals surface area contributed by atoms with Crippen LogP contribution in [0.15, 0.2) is 42.7 Å². The number of hydrogen-bond donors (Lipinski definition) is 2. The summed E-state index contributed by atoms with van der Waals surface area (Å²) >= 11 is 6.17. The summed E-state index contributed by atoms with van der Waals surface area (Å²) in [6.07, 6.45) is 6.10. The Morgan fingerprint density at radius 1 is 1.21 bits per heavy atom. The van der Waals surface area contributed by atoms with Crippen molar-refractivity contribution in [2.24, 2.45) is 0 Å². The fourth-order valence-electron chi connectivity index (χ4n) is 2.49. The molecule has 0 aliphatic heterocycles. The van der Waals surface area contributed by atoms with Gasteiger partial charge in [-0.15, -0.1) is 0 Å². The van der Waals surface area contributed by atoms with Crippen LogP contribution in [0.2, 0.25) is 5.02 Å². The molecule has 0 amide bonds. The molecule has 0 radical (unpaired) electrons. The molecule has 0 atom stereocenters. The summed E-state index contributed by atoms with van der Waals surface area (Å²) in [5.74, 6) is -0.0770. The number of fused-ring (bicyclic) bond motifs is 1. The molecular weight excluding hydrogens is 327 g/mol. The van der Waals surface area contributed by atoms with Crippen molar-refractivity contribution in [2.75, 3.05) is 5.73 Å². The third-order valence-corrected chi connectivity index (χ3v) is 4.12. The highest BCUT2D eigenvalue weighted by Gasteiger charge is 2.12. The standard InChI is InChI=1S/C18H14ClFN4/c1-2-10(7-21)11-5-13(18(22)24-8-11)17-6-12-14(9-23-17)16(20)4-3-15(12)19/h2-9,21H,1H3,(H2,22,24)/b10-2+,21-7?. The van der Waals surface area contributed by atoms with E-state index in [1.807, 2.05) is 19.1 Å².